The van der Waals surface area contributed by atoms with Gasteiger partial charge in [0.1, 0.15) is 3.53 Å². The molecule has 0 fully saturated rings. The molecule has 68 valence electrons. The Hall–Kier alpha value is -0.260. The monoisotopic (exact) mass is 222 g/mol. The van der Waals surface area contributed by atoms with E-state index in [-0.39, 0.29) is 0 Å². The highest BCUT2D eigenvalue weighted by Gasteiger charge is 1.82. The number of hydrogen-bond acceptors (Lipinski definition) is 3. The second-order valence-corrected chi connectivity index (χ2v) is 4.16. The van der Waals surface area contributed by atoms with Crippen molar-refractivity contribution >= 4 is 46.1 Å². The van der Waals surface area contributed by atoms with E-state index in [0.29, 0.717) is 3.53 Å². The van der Waals surface area contributed by atoms with Crippen LogP contribution in [0.25, 0.3) is 0 Å². The van der Waals surface area contributed by atoms with E-state index in [9.17, 15) is 4.79 Å². The highest BCUT2D eigenvalue weighted by atomic mass is 32.2. The number of hydrogen-bond donors (Lipinski definition) is 2. The zero-order chi connectivity index (χ0) is 9.98. The van der Waals surface area contributed by atoms with E-state index in [0.717, 1.165) is 11.8 Å². The summed E-state index contributed by atoms with van der Waals surface area (Å²) in [5.41, 5.74) is 0. The van der Waals surface area contributed by atoms with Crippen molar-refractivity contribution in [1.82, 2.24) is 0 Å². The van der Waals surface area contributed by atoms with Crippen LogP contribution < -0.4 is 0 Å². The van der Waals surface area contributed by atoms with Crippen LogP contribution >= 0.6 is 36.6 Å². The number of carboxylic acids is 1. The number of aliphatic carboxylic acids is 1. The molecule has 0 aromatic carbocycles. The number of thiocarbonyl (C=S) groups is 1. The molecule has 0 heterocycles. The maximum Gasteiger partial charge on any atom is 0.327 e. The van der Waals surface area contributed by atoms with E-state index < -0.39 is 5.97 Å². The van der Waals surface area contributed by atoms with Crippen LogP contribution in [-0.2, 0) is 4.79 Å². The summed E-state index contributed by atoms with van der Waals surface area (Å²) in [4.78, 5) is 9.25. The van der Waals surface area contributed by atoms with E-state index in [1.807, 2.05) is 0 Å². The minimum absolute atomic E-state index is 0.680. The van der Waals surface area contributed by atoms with Crippen LogP contribution in [0.15, 0.2) is 25.3 Å². The van der Waals surface area contributed by atoms with E-state index in [2.05, 4.69) is 38.0 Å². The van der Waals surface area contributed by atoms with Crippen LogP contribution in [0.3, 0.4) is 0 Å². The highest BCUT2D eigenvalue weighted by molar-refractivity contribution is 8.41. The molecule has 0 aliphatic rings. The smallest absolute Gasteiger partial charge is 0.327 e. The van der Waals surface area contributed by atoms with Crippen molar-refractivity contribution < 1.29 is 9.90 Å². The van der Waals surface area contributed by atoms with Gasteiger partial charge >= 0.3 is 5.97 Å². The Kier molecular flexibility index (Phi) is 12.8. The predicted molar refractivity (Wildman–Crippen MR) is 62.1 cm³/mol. The van der Waals surface area contributed by atoms with Crippen molar-refractivity contribution in [3.05, 3.63) is 25.3 Å². The van der Waals surface area contributed by atoms with Crippen molar-refractivity contribution in [3.8, 4) is 0 Å². The SMILES string of the molecule is C=CC(=O)O.C=CCSC(=S)S. The molecule has 0 rings (SSSR count). The second-order valence-electron chi connectivity index (χ2n) is 1.41. The molecule has 2 nitrogen and oxygen atoms in total. The molecule has 5 heteroatoms. The standard InChI is InChI=1S/C4H6S3.C3H4O2/c1-2-3-7-4(5)6;1-2-3(4)5/h2H,1,3H2,(H,5,6);2H,1H2,(H,4,5). The number of carboxylic acid groups (broad SMARTS) is 1. The van der Waals surface area contributed by atoms with Gasteiger partial charge in [-0.25, -0.2) is 4.79 Å². The van der Waals surface area contributed by atoms with Crippen molar-refractivity contribution in [3.63, 3.8) is 0 Å². The molecule has 0 radical (unpaired) electrons. The van der Waals surface area contributed by atoms with Crippen LogP contribution in [0, 0.1) is 0 Å². The lowest BCUT2D eigenvalue weighted by Crippen LogP contribution is -1.82. The van der Waals surface area contributed by atoms with Crippen molar-refractivity contribution in [2.45, 2.75) is 0 Å². The number of carbonyl (C=O) groups is 1. The molecule has 0 unspecified atom stereocenters. The average molecular weight is 222 g/mol. The Bertz CT molecular complexity index is 177. The number of thioether (sulfide) groups is 1. The third kappa shape index (κ3) is 22.6. The summed E-state index contributed by atoms with van der Waals surface area (Å²) in [5, 5.41) is 7.60. The minimum Gasteiger partial charge on any atom is -0.478 e. The quantitative estimate of drug-likeness (QED) is 0.333. The molecule has 0 bridgehead atoms. The molecule has 0 aliphatic carbocycles. The van der Waals surface area contributed by atoms with Gasteiger partial charge in [0.2, 0.25) is 0 Å². The molecular weight excluding hydrogens is 212 g/mol. The van der Waals surface area contributed by atoms with Gasteiger partial charge in [0.15, 0.2) is 0 Å². The summed E-state index contributed by atoms with van der Waals surface area (Å²) in [6.45, 7) is 6.48. The average Bonchev–Trinajstić information content (AvgIpc) is 2.02. The fraction of sp³-hybridized carbons (Fsp3) is 0.143. The summed E-state index contributed by atoms with van der Waals surface area (Å²) in [6.07, 6.45) is 2.63. The third-order valence-electron chi connectivity index (χ3n) is 0.499. The molecule has 1 N–H and O–H groups in total. The Morgan fingerprint density at radius 3 is 2.17 bits per heavy atom. The maximum absolute atomic E-state index is 9.25. The van der Waals surface area contributed by atoms with Gasteiger partial charge in [0, 0.05) is 11.8 Å². The Morgan fingerprint density at radius 1 is 1.67 bits per heavy atom. The van der Waals surface area contributed by atoms with E-state index >= 15 is 0 Å². The molecule has 0 saturated heterocycles. The summed E-state index contributed by atoms with van der Waals surface area (Å²) in [6, 6.07) is 0. The molecule has 0 amide bonds. The molecule has 0 aromatic rings. The first-order valence-corrected chi connectivity index (χ1v) is 4.70. The zero-order valence-electron chi connectivity index (χ0n) is 6.40. The van der Waals surface area contributed by atoms with Crippen molar-refractivity contribution in [2.24, 2.45) is 0 Å². The topological polar surface area (TPSA) is 37.3 Å². The van der Waals surface area contributed by atoms with Crippen molar-refractivity contribution in [2.75, 3.05) is 5.75 Å². The predicted octanol–water partition coefficient (Wildman–Crippen LogP) is 2.38. The third-order valence-corrected chi connectivity index (χ3v) is 1.89. The molecular formula is C7H10O2S3. The van der Waals surface area contributed by atoms with Gasteiger partial charge in [-0.2, -0.15) is 0 Å². The lowest BCUT2D eigenvalue weighted by Gasteiger charge is -1.85. The van der Waals surface area contributed by atoms with Crippen LogP contribution in [-0.4, -0.2) is 20.4 Å². The van der Waals surface area contributed by atoms with Gasteiger partial charge < -0.3 is 5.11 Å². The Morgan fingerprint density at radius 2 is 2.08 bits per heavy atom. The van der Waals surface area contributed by atoms with E-state index in [1.165, 1.54) is 11.8 Å². The molecule has 0 aliphatic heterocycles. The van der Waals surface area contributed by atoms with Gasteiger partial charge in [-0.15, -0.1) is 31.0 Å². The normalized spacial score (nSPS) is 7.42. The van der Waals surface area contributed by atoms with Crippen LogP contribution in [0.1, 0.15) is 0 Å². The van der Waals surface area contributed by atoms with Crippen LogP contribution in [0.5, 0.6) is 0 Å². The number of rotatable bonds is 3. The Labute approximate surface area is 87.1 Å². The number of thiol groups is 1. The second kappa shape index (κ2) is 10.7. The van der Waals surface area contributed by atoms with Crippen LogP contribution in [0.4, 0.5) is 0 Å². The van der Waals surface area contributed by atoms with Gasteiger partial charge in [-0.1, -0.05) is 24.9 Å². The van der Waals surface area contributed by atoms with Gasteiger partial charge in [-0.05, 0) is 0 Å². The lowest BCUT2D eigenvalue weighted by molar-refractivity contribution is -0.131. The maximum atomic E-state index is 9.25. The molecule has 12 heavy (non-hydrogen) atoms. The van der Waals surface area contributed by atoms with E-state index in [4.69, 9.17) is 5.11 Å². The summed E-state index contributed by atoms with van der Waals surface area (Å²) in [5.74, 6) is -0.118. The summed E-state index contributed by atoms with van der Waals surface area (Å²) >= 11 is 10.0. The van der Waals surface area contributed by atoms with E-state index in [1.54, 1.807) is 6.08 Å². The Balaban J connectivity index is 0. The minimum atomic E-state index is -0.981. The fourth-order valence-corrected chi connectivity index (χ4v) is 0.818. The molecule has 0 aromatic heterocycles. The molecule has 0 atom stereocenters. The summed E-state index contributed by atoms with van der Waals surface area (Å²) < 4.78 is 0.680. The van der Waals surface area contributed by atoms with Gasteiger partial charge in [0.05, 0.1) is 0 Å². The first kappa shape index (κ1) is 14.3. The highest BCUT2D eigenvalue weighted by Crippen LogP contribution is 2.05. The summed E-state index contributed by atoms with van der Waals surface area (Å²) in [7, 11) is 0. The fourth-order valence-electron chi connectivity index (χ4n) is 0.130. The first-order valence-electron chi connectivity index (χ1n) is 2.86. The lowest BCUT2D eigenvalue weighted by atomic mass is 10.7. The largest absolute Gasteiger partial charge is 0.478 e. The zero-order valence-corrected chi connectivity index (χ0v) is 8.92. The van der Waals surface area contributed by atoms with Gasteiger partial charge in [-0.3, -0.25) is 0 Å². The molecule has 0 spiro atoms. The van der Waals surface area contributed by atoms with Gasteiger partial charge in [0.25, 0.3) is 0 Å². The molecule has 0 saturated carbocycles. The first-order chi connectivity index (χ1) is 5.54. The van der Waals surface area contributed by atoms with Crippen molar-refractivity contribution in [1.29, 1.82) is 0 Å². The van der Waals surface area contributed by atoms with Crippen LogP contribution in [0.2, 0.25) is 0 Å².